The van der Waals surface area contributed by atoms with Gasteiger partial charge in [-0.05, 0) is 18.9 Å². The van der Waals surface area contributed by atoms with E-state index in [9.17, 15) is 27.1 Å². The summed E-state index contributed by atoms with van der Waals surface area (Å²) in [6, 6.07) is 2.45. The maximum Gasteiger partial charge on any atom is 0.419 e. The molecule has 2 unspecified atom stereocenters. The third-order valence-corrected chi connectivity index (χ3v) is 5.96. The molecule has 31 heavy (non-hydrogen) atoms. The second-order valence-corrected chi connectivity index (χ2v) is 7.81. The number of aromatic hydroxyl groups is 1. The van der Waals surface area contributed by atoms with Crippen LogP contribution in [-0.2, 0) is 18.0 Å². The van der Waals surface area contributed by atoms with Crippen molar-refractivity contribution in [2.24, 2.45) is 7.05 Å². The molecule has 11 heteroatoms. The number of benzene rings is 1. The molecule has 5 rings (SSSR count). The van der Waals surface area contributed by atoms with E-state index in [1.807, 2.05) is 0 Å². The summed E-state index contributed by atoms with van der Waals surface area (Å²) in [7, 11) is 1.56. The fourth-order valence-corrected chi connectivity index (χ4v) is 4.49. The smallest absolute Gasteiger partial charge is 0.419 e. The van der Waals surface area contributed by atoms with Crippen LogP contribution in [0.2, 0.25) is 0 Å². The average molecular weight is 440 g/mol. The van der Waals surface area contributed by atoms with Gasteiger partial charge in [0, 0.05) is 30.3 Å². The summed E-state index contributed by atoms with van der Waals surface area (Å²) in [5.74, 6) is -4.59. The fourth-order valence-electron chi connectivity index (χ4n) is 4.49. The van der Waals surface area contributed by atoms with Gasteiger partial charge in [0.05, 0.1) is 36.4 Å². The average Bonchev–Trinajstić information content (AvgIpc) is 3.17. The lowest BCUT2D eigenvalue weighted by Gasteiger charge is -2.35. The molecule has 2 saturated heterocycles. The highest BCUT2D eigenvalue weighted by molar-refractivity contribution is 5.94. The van der Waals surface area contributed by atoms with Crippen LogP contribution in [0.15, 0.2) is 18.3 Å². The van der Waals surface area contributed by atoms with Gasteiger partial charge >= 0.3 is 6.18 Å². The number of fused-ring (bicyclic) bond motifs is 3. The molecule has 0 spiro atoms. The molecule has 164 valence electrons. The first-order chi connectivity index (χ1) is 14.7. The maximum atomic E-state index is 14.6. The van der Waals surface area contributed by atoms with Crippen molar-refractivity contribution in [3.8, 4) is 17.0 Å². The van der Waals surface area contributed by atoms with Gasteiger partial charge in [-0.25, -0.2) is 13.8 Å². The van der Waals surface area contributed by atoms with E-state index in [1.54, 1.807) is 13.1 Å². The highest BCUT2D eigenvalue weighted by Crippen LogP contribution is 2.42. The third-order valence-electron chi connectivity index (χ3n) is 5.96. The molecule has 2 fully saturated rings. The molecule has 0 aliphatic carbocycles. The number of morpholine rings is 1. The first kappa shape index (κ1) is 20.0. The van der Waals surface area contributed by atoms with Gasteiger partial charge in [0.2, 0.25) is 0 Å². The molecule has 2 aliphatic rings. The highest BCUT2D eigenvalue weighted by Gasteiger charge is 2.39. The van der Waals surface area contributed by atoms with Crippen molar-refractivity contribution in [2.45, 2.75) is 31.1 Å². The van der Waals surface area contributed by atoms with Crippen molar-refractivity contribution in [1.29, 1.82) is 0 Å². The minimum Gasteiger partial charge on any atom is -0.503 e. The molecule has 2 aromatic heterocycles. The summed E-state index contributed by atoms with van der Waals surface area (Å²) in [4.78, 5) is 6.62. The summed E-state index contributed by atoms with van der Waals surface area (Å²) in [5.41, 5.74) is -2.07. The first-order valence-electron chi connectivity index (χ1n) is 9.64. The van der Waals surface area contributed by atoms with Crippen LogP contribution in [0.1, 0.15) is 18.4 Å². The van der Waals surface area contributed by atoms with Crippen molar-refractivity contribution in [2.75, 3.05) is 18.1 Å². The maximum absolute atomic E-state index is 14.6. The van der Waals surface area contributed by atoms with E-state index in [-0.39, 0.29) is 23.2 Å². The van der Waals surface area contributed by atoms with E-state index in [0.717, 1.165) is 12.8 Å². The van der Waals surface area contributed by atoms with Crippen LogP contribution in [0.25, 0.3) is 22.2 Å². The number of alkyl halides is 3. The number of hydrogen-bond acceptors (Lipinski definition) is 5. The number of aromatic nitrogens is 3. The van der Waals surface area contributed by atoms with Crippen molar-refractivity contribution in [3.63, 3.8) is 0 Å². The van der Waals surface area contributed by atoms with Gasteiger partial charge in [0.15, 0.2) is 17.4 Å². The van der Waals surface area contributed by atoms with E-state index in [1.165, 1.54) is 10.9 Å². The predicted octanol–water partition coefficient (Wildman–Crippen LogP) is 4.01. The Labute approximate surface area is 172 Å². The minimum atomic E-state index is -5.12. The number of anilines is 1. The van der Waals surface area contributed by atoms with Crippen LogP contribution < -0.4 is 4.90 Å². The Kier molecular flexibility index (Phi) is 4.37. The largest absolute Gasteiger partial charge is 0.503 e. The van der Waals surface area contributed by atoms with Crippen molar-refractivity contribution < 1.29 is 31.8 Å². The number of rotatable bonds is 2. The van der Waals surface area contributed by atoms with Gasteiger partial charge in [-0.2, -0.15) is 18.3 Å². The zero-order valence-corrected chi connectivity index (χ0v) is 16.2. The summed E-state index contributed by atoms with van der Waals surface area (Å²) in [5, 5.41) is 14.1. The number of nitrogens with zero attached hydrogens (tertiary/aromatic N) is 4. The fraction of sp³-hybridized carbons (Fsp3) is 0.400. The molecule has 2 bridgehead atoms. The lowest BCUT2D eigenvalue weighted by molar-refractivity contribution is -0.140. The number of hydrogen-bond donors (Lipinski definition) is 1. The number of phenols is 1. The predicted molar refractivity (Wildman–Crippen MR) is 101 cm³/mol. The van der Waals surface area contributed by atoms with E-state index < -0.39 is 34.7 Å². The Hall–Kier alpha value is -2.95. The zero-order chi connectivity index (χ0) is 22.1. The van der Waals surface area contributed by atoms with Crippen LogP contribution in [-0.4, -0.2) is 45.2 Å². The first-order valence-corrected chi connectivity index (χ1v) is 9.64. The molecule has 1 aromatic carbocycles. The van der Waals surface area contributed by atoms with Gasteiger partial charge in [-0.3, -0.25) is 4.68 Å². The zero-order valence-electron chi connectivity index (χ0n) is 16.2. The van der Waals surface area contributed by atoms with Crippen LogP contribution >= 0.6 is 0 Å². The van der Waals surface area contributed by atoms with Gasteiger partial charge < -0.3 is 14.7 Å². The molecule has 3 aromatic rings. The third kappa shape index (κ3) is 3.01. The van der Waals surface area contributed by atoms with Gasteiger partial charge in [0.25, 0.3) is 0 Å². The quantitative estimate of drug-likeness (QED) is 0.611. The minimum absolute atomic E-state index is 0.167. The summed E-state index contributed by atoms with van der Waals surface area (Å²) >= 11 is 0. The molecule has 4 heterocycles. The molecular weight excluding hydrogens is 423 g/mol. The SMILES string of the molecule is Cn1nc(-c2cc(C(F)(F)F)c(F)c(O)c2F)c2cnc(N3C4CCC3COC4)cc21. The standard InChI is InChI=1S/C20H17F5N4O2/c1-28-14-5-15(29-9-2-3-10(29)8-31-7-9)26-6-12(14)18(27-28)11-4-13(20(23,24)25)17(22)19(30)16(11)21/h4-6,9-10,30H,2-3,7-8H2,1H3. The molecule has 6 nitrogen and oxygen atoms in total. The molecule has 0 saturated carbocycles. The number of ether oxygens (including phenoxy) is 1. The van der Waals surface area contributed by atoms with Crippen molar-refractivity contribution in [3.05, 3.63) is 35.5 Å². The van der Waals surface area contributed by atoms with Gasteiger partial charge in [-0.1, -0.05) is 0 Å². The molecule has 2 atom stereocenters. The summed E-state index contributed by atoms with van der Waals surface area (Å²) < 4.78 is 75.0. The Morgan fingerprint density at radius 2 is 1.77 bits per heavy atom. The van der Waals surface area contributed by atoms with Gasteiger partial charge in [0.1, 0.15) is 11.5 Å². The number of pyridine rings is 1. The van der Waals surface area contributed by atoms with E-state index in [0.29, 0.717) is 30.6 Å². The Balaban J connectivity index is 1.65. The van der Waals surface area contributed by atoms with Crippen molar-refractivity contribution >= 4 is 16.7 Å². The molecule has 0 radical (unpaired) electrons. The molecular formula is C20H17F5N4O2. The number of halogens is 5. The second kappa shape index (κ2) is 6.78. The van der Waals surface area contributed by atoms with Crippen LogP contribution in [0.5, 0.6) is 5.75 Å². The van der Waals surface area contributed by atoms with Crippen molar-refractivity contribution in [1.82, 2.24) is 14.8 Å². The van der Waals surface area contributed by atoms with E-state index >= 15 is 0 Å². The summed E-state index contributed by atoms with van der Waals surface area (Å²) in [6.45, 7) is 1.18. The normalized spacial score (nSPS) is 21.3. The Bertz CT molecular complexity index is 1180. The number of phenolic OH excluding ortho intramolecular Hbond substituents is 1. The van der Waals surface area contributed by atoms with Crippen LogP contribution in [0, 0.1) is 11.6 Å². The molecule has 0 amide bonds. The molecule has 1 N–H and O–H groups in total. The van der Waals surface area contributed by atoms with E-state index in [4.69, 9.17) is 4.74 Å². The van der Waals surface area contributed by atoms with E-state index in [2.05, 4.69) is 15.0 Å². The monoisotopic (exact) mass is 440 g/mol. The number of aryl methyl sites for hydroxylation is 1. The Morgan fingerprint density at radius 1 is 1.10 bits per heavy atom. The highest BCUT2D eigenvalue weighted by atomic mass is 19.4. The van der Waals surface area contributed by atoms with Gasteiger partial charge in [-0.15, -0.1) is 0 Å². The lowest BCUT2D eigenvalue weighted by atomic mass is 10.0. The lowest BCUT2D eigenvalue weighted by Crippen LogP contribution is -2.46. The summed E-state index contributed by atoms with van der Waals surface area (Å²) in [6.07, 6.45) is -1.76. The second-order valence-electron chi connectivity index (χ2n) is 7.81. The van der Waals surface area contributed by atoms with Crippen LogP contribution in [0.3, 0.4) is 0 Å². The topological polar surface area (TPSA) is 63.4 Å². The Morgan fingerprint density at radius 3 is 2.42 bits per heavy atom. The molecule has 2 aliphatic heterocycles. The van der Waals surface area contributed by atoms with Crippen LogP contribution in [0.4, 0.5) is 27.8 Å².